The fraction of sp³-hybridized carbons (Fsp3) is 0.636. The van der Waals surface area contributed by atoms with Crippen molar-refractivity contribution in [2.75, 3.05) is 6.61 Å². The number of ketones is 1. The Labute approximate surface area is 103 Å². The number of ether oxygens (including phenoxy) is 1. The first-order valence-corrected chi connectivity index (χ1v) is 6.29. The Morgan fingerprint density at radius 1 is 1.69 bits per heavy atom. The fourth-order valence-electron chi connectivity index (χ4n) is 1.90. The molecule has 1 atom stereocenters. The van der Waals surface area contributed by atoms with Gasteiger partial charge < -0.3 is 4.74 Å². The minimum Gasteiger partial charge on any atom is -0.370 e. The molecule has 5 heteroatoms. The van der Waals surface area contributed by atoms with Crippen LogP contribution in [0.3, 0.4) is 0 Å². The Hall–Kier alpha value is -0.680. The molecule has 0 aliphatic carbocycles. The van der Waals surface area contributed by atoms with Gasteiger partial charge in [-0.1, -0.05) is 0 Å². The summed E-state index contributed by atoms with van der Waals surface area (Å²) < 4.78 is 7.91. The topological polar surface area (TPSA) is 44.1 Å². The molecule has 0 bridgehead atoms. The van der Waals surface area contributed by atoms with Gasteiger partial charge in [0.25, 0.3) is 0 Å². The monoisotopic (exact) mass is 286 g/mol. The molecule has 0 amide bonds. The van der Waals surface area contributed by atoms with E-state index in [0.29, 0.717) is 12.3 Å². The molecule has 2 heterocycles. The first-order chi connectivity index (χ1) is 7.61. The van der Waals surface area contributed by atoms with E-state index in [1.165, 1.54) is 0 Å². The van der Waals surface area contributed by atoms with Gasteiger partial charge in [0, 0.05) is 12.6 Å². The molecule has 0 saturated carbocycles. The highest BCUT2D eigenvalue weighted by atomic mass is 79.9. The lowest BCUT2D eigenvalue weighted by molar-refractivity contribution is 0.0629. The number of rotatable bonds is 3. The maximum Gasteiger partial charge on any atom is 0.210 e. The first-order valence-electron chi connectivity index (χ1n) is 5.50. The molecule has 2 rings (SSSR count). The van der Waals surface area contributed by atoms with E-state index in [1.54, 1.807) is 10.9 Å². The summed E-state index contributed by atoms with van der Waals surface area (Å²) in [4.78, 5) is 12.2. The maximum atomic E-state index is 12.2. The Bertz CT molecular complexity index is 395. The second-order valence-corrected chi connectivity index (χ2v) is 5.10. The van der Waals surface area contributed by atoms with Crippen LogP contribution in [-0.2, 0) is 4.74 Å². The molecule has 0 radical (unpaired) electrons. The van der Waals surface area contributed by atoms with Crippen molar-refractivity contribution in [2.45, 2.75) is 38.8 Å². The van der Waals surface area contributed by atoms with Crippen molar-refractivity contribution in [1.29, 1.82) is 0 Å². The largest absolute Gasteiger partial charge is 0.370 e. The standard InChI is InChI=1S/C11H15BrN2O2/c1-7(2)14-10(8(12)6-13-14)11(15)9-4-3-5-16-9/h6-7,9H,3-5H2,1-2H3. The van der Waals surface area contributed by atoms with Gasteiger partial charge in [0.15, 0.2) is 0 Å². The lowest BCUT2D eigenvalue weighted by Gasteiger charge is -2.13. The average molecular weight is 287 g/mol. The van der Waals surface area contributed by atoms with E-state index >= 15 is 0 Å². The van der Waals surface area contributed by atoms with Crippen LogP contribution in [0.4, 0.5) is 0 Å². The van der Waals surface area contributed by atoms with Crippen molar-refractivity contribution >= 4 is 21.7 Å². The Kier molecular flexibility index (Phi) is 3.44. The summed E-state index contributed by atoms with van der Waals surface area (Å²) >= 11 is 3.37. The zero-order valence-corrected chi connectivity index (χ0v) is 11.0. The minimum absolute atomic E-state index is 0.0376. The van der Waals surface area contributed by atoms with E-state index in [2.05, 4.69) is 21.0 Å². The second kappa shape index (κ2) is 4.67. The van der Waals surface area contributed by atoms with Crippen LogP contribution in [-0.4, -0.2) is 28.3 Å². The van der Waals surface area contributed by atoms with Gasteiger partial charge in [0.1, 0.15) is 11.8 Å². The molecule has 1 aromatic heterocycles. The van der Waals surface area contributed by atoms with Gasteiger partial charge in [-0.15, -0.1) is 0 Å². The molecular formula is C11H15BrN2O2. The number of hydrogen-bond donors (Lipinski definition) is 0. The van der Waals surface area contributed by atoms with Gasteiger partial charge in [-0.05, 0) is 42.6 Å². The highest BCUT2D eigenvalue weighted by Gasteiger charge is 2.29. The van der Waals surface area contributed by atoms with Crippen LogP contribution in [0, 0.1) is 0 Å². The third kappa shape index (κ3) is 2.06. The summed E-state index contributed by atoms with van der Waals surface area (Å²) in [5, 5.41) is 4.20. The Balaban J connectivity index is 2.31. The van der Waals surface area contributed by atoms with Crippen LogP contribution >= 0.6 is 15.9 Å². The molecule has 4 nitrogen and oxygen atoms in total. The number of halogens is 1. The van der Waals surface area contributed by atoms with Crippen molar-refractivity contribution in [3.63, 3.8) is 0 Å². The molecule has 1 saturated heterocycles. The molecule has 1 fully saturated rings. The third-order valence-corrected chi connectivity index (χ3v) is 3.28. The quantitative estimate of drug-likeness (QED) is 0.803. The maximum absolute atomic E-state index is 12.2. The van der Waals surface area contributed by atoms with Crippen LogP contribution in [0.25, 0.3) is 0 Å². The molecule has 88 valence electrons. The van der Waals surface area contributed by atoms with Crippen molar-refractivity contribution in [2.24, 2.45) is 0 Å². The zero-order chi connectivity index (χ0) is 11.7. The normalized spacial score (nSPS) is 20.6. The predicted octanol–water partition coefficient (Wildman–Crippen LogP) is 2.59. The minimum atomic E-state index is -0.287. The molecule has 1 unspecified atom stereocenters. The van der Waals surface area contributed by atoms with Gasteiger partial charge in [0.05, 0.1) is 10.7 Å². The van der Waals surface area contributed by atoms with Gasteiger partial charge >= 0.3 is 0 Å². The summed E-state index contributed by atoms with van der Waals surface area (Å²) in [5.41, 5.74) is 0.627. The van der Waals surface area contributed by atoms with Crippen LogP contribution < -0.4 is 0 Å². The SMILES string of the molecule is CC(C)n1ncc(Br)c1C(=O)C1CCCO1. The van der Waals surface area contributed by atoms with Crippen LogP contribution in [0.15, 0.2) is 10.7 Å². The lowest BCUT2D eigenvalue weighted by atomic mass is 10.1. The summed E-state index contributed by atoms with van der Waals surface area (Å²) in [7, 11) is 0. The number of aromatic nitrogens is 2. The molecule has 1 aliphatic heterocycles. The van der Waals surface area contributed by atoms with E-state index in [4.69, 9.17) is 4.74 Å². The number of nitrogens with zero attached hydrogens (tertiary/aromatic N) is 2. The summed E-state index contributed by atoms with van der Waals surface area (Å²) in [6.07, 6.45) is 3.16. The number of carbonyl (C=O) groups excluding carboxylic acids is 1. The van der Waals surface area contributed by atoms with Gasteiger partial charge in [0.2, 0.25) is 5.78 Å². The zero-order valence-electron chi connectivity index (χ0n) is 9.44. The number of carbonyl (C=O) groups is 1. The summed E-state index contributed by atoms with van der Waals surface area (Å²) in [6, 6.07) is 0.173. The molecule has 0 spiro atoms. The molecule has 16 heavy (non-hydrogen) atoms. The second-order valence-electron chi connectivity index (χ2n) is 4.25. The Morgan fingerprint density at radius 2 is 2.44 bits per heavy atom. The van der Waals surface area contributed by atoms with E-state index in [0.717, 1.165) is 17.3 Å². The number of Topliss-reactive ketones (excluding diaryl/α,β-unsaturated/α-hetero) is 1. The fourth-order valence-corrected chi connectivity index (χ4v) is 2.37. The highest BCUT2D eigenvalue weighted by molar-refractivity contribution is 9.10. The summed E-state index contributed by atoms with van der Waals surface area (Å²) in [5.74, 6) is 0.0376. The molecule has 0 aromatic carbocycles. The highest BCUT2D eigenvalue weighted by Crippen LogP contribution is 2.24. The van der Waals surface area contributed by atoms with Crippen LogP contribution in [0.5, 0.6) is 0 Å². The van der Waals surface area contributed by atoms with E-state index < -0.39 is 0 Å². The molecule has 1 aromatic rings. The first kappa shape index (κ1) is 11.8. The van der Waals surface area contributed by atoms with Crippen molar-refractivity contribution in [3.05, 3.63) is 16.4 Å². The number of hydrogen-bond acceptors (Lipinski definition) is 3. The van der Waals surface area contributed by atoms with E-state index in [9.17, 15) is 4.79 Å². The van der Waals surface area contributed by atoms with Crippen molar-refractivity contribution in [3.8, 4) is 0 Å². The molecule has 1 aliphatic rings. The predicted molar refractivity (Wildman–Crippen MR) is 63.6 cm³/mol. The van der Waals surface area contributed by atoms with Gasteiger partial charge in [-0.25, -0.2) is 0 Å². The van der Waals surface area contributed by atoms with Crippen LogP contribution in [0.1, 0.15) is 43.2 Å². The van der Waals surface area contributed by atoms with Crippen molar-refractivity contribution in [1.82, 2.24) is 9.78 Å². The third-order valence-electron chi connectivity index (χ3n) is 2.70. The lowest BCUT2D eigenvalue weighted by Crippen LogP contribution is -2.24. The van der Waals surface area contributed by atoms with Gasteiger partial charge in [-0.2, -0.15) is 5.10 Å². The molecular weight excluding hydrogens is 272 g/mol. The van der Waals surface area contributed by atoms with E-state index in [-0.39, 0.29) is 17.9 Å². The van der Waals surface area contributed by atoms with E-state index in [1.807, 2.05) is 13.8 Å². The smallest absolute Gasteiger partial charge is 0.210 e. The average Bonchev–Trinajstić information content (AvgIpc) is 2.84. The Morgan fingerprint density at radius 3 is 3.00 bits per heavy atom. The molecule has 0 N–H and O–H groups in total. The summed E-state index contributed by atoms with van der Waals surface area (Å²) in [6.45, 7) is 4.70. The van der Waals surface area contributed by atoms with Crippen LogP contribution in [0.2, 0.25) is 0 Å². The van der Waals surface area contributed by atoms with Gasteiger partial charge in [-0.3, -0.25) is 9.48 Å². The van der Waals surface area contributed by atoms with Crippen molar-refractivity contribution < 1.29 is 9.53 Å².